The first-order chi connectivity index (χ1) is 14.5. The minimum absolute atomic E-state index is 0.146. The first-order valence-electron chi connectivity index (χ1n) is 10.3. The zero-order valence-corrected chi connectivity index (χ0v) is 16.8. The van der Waals surface area contributed by atoms with Crippen molar-refractivity contribution < 1.29 is 14.4 Å². The quantitative estimate of drug-likeness (QED) is 0.634. The average Bonchev–Trinajstić information content (AvgIpc) is 3.22. The average molecular weight is 408 g/mol. The Kier molecular flexibility index (Phi) is 4.54. The number of rotatable bonds is 4. The fraction of sp³-hybridized carbons (Fsp3) is 0.429. The number of anilines is 1. The number of benzene rings is 1. The van der Waals surface area contributed by atoms with E-state index < -0.39 is 6.04 Å². The highest BCUT2D eigenvalue weighted by atomic mass is 16.2. The maximum Gasteiger partial charge on any atom is 0.255 e. The van der Waals surface area contributed by atoms with Crippen LogP contribution >= 0.6 is 0 Å². The molecule has 1 atom stereocenters. The van der Waals surface area contributed by atoms with Gasteiger partial charge < -0.3 is 15.5 Å². The molecule has 1 aromatic carbocycles. The Bertz CT molecular complexity index is 1060. The van der Waals surface area contributed by atoms with Crippen LogP contribution in [0.4, 0.5) is 5.82 Å². The molecular formula is C21H24N6O3. The summed E-state index contributed by atoms with van der Waals surface area (Å²) in [5, 5.41) is 13.8. The number of nitrogens with one attached hydrogen (secondary N) is 3. The van der Waals surface area contributed by atoms with Gasteiger partial charge in [0.05, 0.1) is 5.69 Å². The van der Waals surface area contributed by atoms with E-state index in [-0.39, 0.29) is 24.1 Å². The first-order valence-corrected chi connectivity index (χ1v) is 10.3. The van der Waals surface area contributed by atoms with Crippen molar-refractivity contribution in [2.24, 2.45) is 7.05 Å². The summed E-state index contributed by atoms with van der Waals surface area (Å²) >= 11 is 0. The maximum absolute atomic E-state index is 12.8. The molecule has 3 amide bonds. The van der Waals surface area contributed by atoms with Crippen molar-refractivity contribution in [1.82, 2.24) is 25.3 Å². The van der Waals surface area contributed by atoms with Crippen LogP contribution in [0.15, 0.2) is 18.2 Å². The van der Waals surface area contributed by atoms with Crippen molar-refractivity contribution >= 4 is 23.5 Å². The van der Waals surface area contributed by atoms with Gasteiger partial charge in [-0.05, 0) is 36.6 Å². The largest absolute Gasteiger partial charge is 0.366 e. The van der Waals surface area contributed by atoms with Gasteiger partial charge in [0.2, 0.25) is 11.8 Å². The van der Waals surface area contributed by atoms with E-state index >= 15 is 0 Å². The number of aromatic nitrogens is 2. The van der Waals surface area contributed by atoms with Crippen LogP contribution in [0.3, 0.4) is 0 Å². The molecule has 3 N–H and O–H groups in total. The van der Waals surface area contributed by atoms with E-state index in [4.69, 9.17) is 0 Å². The Balaban J connectivity index is 1.31. The maximum atomic E-state index is 12.8. The number of amides is 3. The summed E-state index contributed by atoms with van der Waals surface area (Å²) in [7, 11) is 1.94. The van der Waals surface area contributed by atoms with E-state index in [9.17, 15) is 14.4 Å². The molecule has 1 unspecified atom stereocenters. The molecule has 1 fully saturated rings. The second-order valence-corrected chi connectivity index (χ2v) is 8.07. The number of fused-ring (bicyclic) bond motifs is 2. The number of hydrogen-bond acceptors (Lipinski definition) is 6. The van der Waals surface area contributed by atoms with Crippen molar-refractivity contribution in [2.45, 2.75) is 44.9 Å². The predicted molar refractivity (Wildman–Crippen MR) is 108 cm³/mol. The zero-order valence-electron chi connectivity index (χ0n) is 16.8. The Hall–Kier alpha value is -3.20. The third-order valence-electron chi connectivity index (χ3n) is 6.12. The van der Waals surface area contributed by atoms with Gasteiger partial charge in [-0.2, -0.15) is 5.10 Å². The summed E-state index contributed by atoms with van der Waals surface area (Å²) < 4.78 is 1.89. The van der Waals surface area contributed by atoms with Crippen LogP contribution < -0.4 is 16.0 Å². The monoisotopic (exact) mass is 408 g/mol. The Morgan fingerprint density at radius 2 is 2.10 bits per heavy atom. The number of hydrogen-bond donors (Lipinski definition) is 3. The molecular weight excluding hydrogens is 384 g/mol. The molecule has 1 aromatic heterocycles. The van der Waals surface area contributed by atoms with E-state index in [0.29, 0.717) is 25.1 Å². The third kappa shape index (κ3) is 3.15. The standard InChI is InChI=1S/C21H24N6O3/c1-26-19(15-6-7-22-10-16(15)25-26)23-9-12-2-3-14-13(8-12)11-27(21(14)30)17-4-5-18(28)24-20(17)29/h2-3,8,17,22-23H,4-7,9-11H2,1H3,(H,24,28,29). The van der Waals surface area contributed by atoms with Gasteiger partial charge in [-0.25, -0.2) is 0 Å². The van der Waals surface area contributed by atoms with Crippen LogP contribution in [0.1, 0.15) is 45.6 Å². The fourth-order valence-corrected chi connectivity index (χ4v) is 4.59. The molecule has 0 aliphatic carbocycles. The van der Waals surface area contributed by atoms with E-state index in [1.54, 1.807) is 4.90 Å². The molecule has 0 radical (unpaired) electrons. The van der Waals surface area contributed by atoms with Crippen molar-refractivity contribution in [3.8, 4) is 0 Å². The van der Waals surface area contributed by atoms with Gasteiger partial charge in [0.1, 0.15) is 11.9 Å². The lowest BCUT2D eigenvalue weighted by molar-refractivity contribution is -0.136. The molecule has 156 valence electrons. The van der Waals surface area contributed by atoms with Crippen molar-refractivity contribution in [3.63, 3.8) is 0 Å². The number of aryl methyl sites for hydroxylation is 1. The van der Waals surface area contributed by atoms with Crippen LogP contribution in [0.2, 0.25) is 0 Å². The van der Waals surface area contributed by atoms with Gasteiger partial charge in [-0.1, -0.05) is 12.1 Å². The molecule has 9 heteroatoms. The highest BCUT2D eigenvalue weighted by molar-refractivity contribution is 6.05. The van der Waals surface area contributed by atoms with Crippen molar-refractivity contribution in [3.05, 3.63) is 46.1 Å². The SMILES string of the molecule is Cn1nc2c(c1NCc1ccc3c(c1)CN(C1CCC(=O)NC1=O)C3=O)CCNC2. The molecule has 0 saturated carbocycles. The van der Waals surface area contributed by atoms with Crippen LogP contribution in [0, 0.1) is 0 Å². The normalized spacial score (nSPS) is 20.8. The molecule has 5 rings (SSSR count). The van der Waals surface area contributed by atoms with Gasteiger partial charge >= 0.3 is 0 Å². The van der Waals surface area contributed by atoms with Gasteiger partial charge in [-0.3, -0.25) is 24.4 Å². The molecule has 1 saturated heterocycles. The summed E-state index contributed by atoms with van der Waals surface area (Å²) in [6.07, 6.45) is 1.58. The Morgan fingerprint density at radius 1 is 1.23 bits per heavy atom. The lowest BCUT2D eigenvalue weighted by atomic mass is 10.0. The molecule has 3 aliphatic rings. The van der Waals surface area contributed by atoms with E-state index in [0.717, 1.165) is 42.1 Å². The summed E-state index contributed by atoms with van der Waals surface area (Å²) in [5.41, 5.74) is 4.96. The zero-order chi connectivity index (χ0) is 20.8. The fourth-order valence-electron chi connectivity index (χ4n) is 4.59. The van der Waals surface area contributed by atoms with E-state index in [1.807, 2.05) is 29.9 Å². The number of nitrogens with zero attached hydrogens (tertiary/aromatic N) is 3. The first kappa shape index (κ1) is 18.8. The molecule has 4 heterocycles. The Labute approximate surface area is 173 Å². The Morgan fingerprint density at radius 3 is 2.93 bits per heavy atom. The van der Waals surface area contributed by atoms with Crippen LogP contribution in [-0.2, 0) is 42.7 Å². The second kappa shape index (κ2) is 7.24. The van der Waals surface area contributed by atoms with Crippen LogP contribution in [0.5, 0.6) is 0 Å². The van der Waals surface area contributed by atoms with Crippen molar-refractivity contribution in [1.29, 1.82) is 0 Å². The topological polar surface area (TPSA) is 108 Å². The van der Waals surface area contributed by atoms with E-state index in [1.165, 1.54) is 5.56 Å². The van der Waals surface area contributed by atoms with Gasteiger partial charge in [0.15, 0.2) is 0 Å². The lowest BCUT2D eigenvalue weighted by Crippen LogP contribution is -2.52. The van der Waals surface area contributed by atoms with Gasteiger partial charge in [-0.15, -0.1) is 0 Å². The molecule has 0 bridgehead atoms. The molecule has 9 nitrogen and oxygen atoms in total. The van der Waals surface area contributed by atoms with Gasteiger partial charge in [0.25, 0.3) is 5.91 Å². The van der Waals surface area contributed by atoms with Crippen LogP contribution in [0.25, 0.3) is 0 Å². The number of imide groups is 1. The molecule has 30 heavy (non-hydrogen) atoms. The molecule has 3 aliphatic heterocycles. The highest BCUT2D eigenvalue weighted by Gasteiger charge is 2.39. The summed E-state index contributed by atoms with van der Waals surface area (Å²) in [6, 6.07) is 5.22. The number of carbonyl (C=O) groups is 3. The summed E-state index contributed by atoms with van der Waals surface area (Å²) in [5.74, 6) is 0.229. The van der Waals surface area contributed by atoms with E-state index in [2.05, 4.69) is 21.0 Å². The molecule has 0 spiro atoms. The molecule has 2 aromatic rings. The number of carbonyl (C=O) groups excluding carboxylic acids is 3. The smallest absolute Gasteiger partial charge is 0.255 e. The van der Waals surface area contributed by atoms with Gasteiger partial charge in [0, 0.05) is 44.2 Å². The minimum Gasteiger partial charge on any atom is -0.366 e. The highest BCUT2D eigenvalue weighted by Crippen LogP contribution is 2.29. The number of piperidine rings is 1. The third-order valence-corrected chi connectivity index (χ3v) is 6.12. The predicted octanol–water partition coefficient (Wildman–Crippen LogP) is 0.439. The van der Waals surface area contributed by atoms with Crippen LogP contribution in [-0.4, -0.2) is 45.0 Å². The minimum atomic E-state index is -0.584. The van der Waals surface area contributed by atoms with Crippen molar-refractivity contribution in [2.75, 3.05) is 11.9 Å². The second-order valence-electron chi connectivity index (χ2n) is 8.07. The lowest BCUT2D eigenvalue weighted by Gasteiger charge is -2.29. The summed E-state index contributed by atoms with van der Waals surface area (Å²) in [4.78, 5) is 38.0. The summed E-state index contributed by atoms with van der Waals surface area (Å²) in [6.45, 7) is 2.76.